The third-order valence-electron chi connectivity index (χ3n) is 2.01. The van der Waals surface area contributed by atoms with Crippen LogP contribution in [0.2, 0.25) is 0 Å². The molecule has 5 heteroatoms. The highest BCUT2D eigenvalue weighted by Gasteiger charge is 2.31. The van der Waals surface area contributed by atoms with Gasteiger partial charge in [0.05, 0.1) is 18.8 Å². The van der Waals surface area contributed by atoms with Crippen molar-refractivity contribution in [1.29, 1.82) is 0 Å². The summed E-state index contributed by atoms with van der Waals surface area (Å²) in [7, 11) is 1.27. The van der Waals surface area contributed by atoms with Gasteiger partial charge in [-0.1, -0.05) is 6.07 Å². The Kier molecular flexibility index (Phi) is 3.24. The van der Waals surface area contributed by atoms with Crippen molar-refractivity contribution in [3.8, 4) is 5.75 Å². The molecule has 1 aromatic carbocycles. The fourth-order valence-corrected chi connectivity index (χ4v) is 1.23. The monoisotopic (exact) mass is 220 g/mol. The van der Waals surface area contributed by atoms with Crippen molar-refractivity contribution in [2.45, 2.75) is 19.2 Å². The Balaban J connectivity index is 3.19. The van der Waals surface area contributed by atoms with Gasteiger partial charge in [-0.2, -0.15) is 13.2 Å². The molecule has 1 unspecified atom stereocenters. The van der Waals surface area contributed by atoms with Crippen molar-refractivity contribution >= 4 is 0 Å². The molecule has 1 atom stereocenters. The minimum Gasteiger partial charge on any atom is -0.496 e. The molecular formula is C10H11F3O2. The number of hydrogen-bond acceptors (Lipinski definition) is 2. The van der Waals surface area contributed by atoms with Crippen LogP contribution in [0.4, 0.5) is 13.2 Å². The van der Waals surface area contributed by atoms with Crippen molar-refractivity contribution in [1.82, 2.24) is 0 Å². The van der Waals surface area contributed by atoms with Gasteiger partial charge >= 0.3 is 6.18 Å². The summed E-state index contributed by atoms with van der Waals surface area (Å²) < 4.78 is 41.7. The van der Waals surface area contributed by atoms with Gasteiger partial charge in [0.15, 0.2) is 0 Å². The zero-order valence-corrected chi connectivity index (χ0v) is 8.30. The second-order valence-corrected chi connectivity index (χ2v) is 3.13. The number of benzene rings is 1. The van der Waals surface area contributed by atoms with E-state index in [0.717, 1.165) is 12.1 Å². The molecule has 0 aromatic heterocycles. The lowest BCUT2D eigenvalue weighted by Gasteiger charge is -2.14. The van der Waals surface area contributed by atoms with Crippen molar-refractivity contribution in [2.75, 3.05) is 7.11 Å². The smallest absolute Gasteiger partial charge is 0.416 e. The normalized spacial score (nSPS) is 13.7. The quantitative estimate of drug-likeness (QED) is 0.830. The summed E-state index contributed by atoms with van der Waals surface area (Å²) in [5.41, 5.74) is -0.450. The predicted molar refractivity (Wildman–Crippen MR) is 48.6 cm³/mol. The summed E-state index contributed by atoms with van der Waals surface area (Å²) in [6.45, 7) is 1.46. The molecule has 1 N–H and O–H groups in total. The molecule has 0 aliphatic rings. The van der Waals surface area contributed by atoms with Crippen molar-refractivity contribution in [3.63, 3.8) is 0 Å². The first-order valence-corrected chi connectivity index (χ1v) is 4.29. The Hall–Kier alpha value is -1.23. The number of halogens is 3. The summed E-state index contributed by atoms with van der Waals surface area (Å²) in [5, 5.41) is 9.27. The van der Waals surface area contributed by atoms with E-state index in [9.17, 15) is 18.3 Å². The molecule has 0 spiro atoms. The van der Waals surface area contributed by atoms with E-state index in [4.69, 9.17) is 4.74 Å². The fraction of sp³-hybridized carbons (Fsp3) is 0.400. The zero-order valence-electron chi connectivity index (χ0n) is 8.30. The first kappa shape index (κ1) is 11.8. The van der Waals surface area contributed by atoms with Crippen LogP contribution >= 0.6 is 0 Å². The Bertz CT molecular complexity index is 345. The number of alkyl halides is 3. The van der Waals surface area contributed by atoms with E-state index in [-0.39, 0.29) is 5.75 Å². The Morgan fingerprint density at radius 3 is 2.33 bits per heavy atom. The third kappa shape index (κ3) is 2.62. The molecule has 1 rings (SSSR count). The number of aliphatic hydroxyl groups excluding tert-OH is 1. The zero-order chi connectivity index (χ0) is 11.6. The first-order chi connectivity index (χ1) is 6.86. The highest BCUT2D eigenvalue weighted by atomic mass is 19.4. The molecule has 0 bridgehead atoms. The van der Waals surface area contributed by atoms with E-state index in [0.29, 0.717) is 5.56 Å². The van der Waals surface area contributed by atoms with Gasteiger partial charge in [-0.25, -0.2) is 0 Å². The SMILES string of the molecule is COc1cc(C(F)(F)F)ccc1C(C)O. The van der Waals surface area contributed by atoms with E-state index in [1.807, 2.05) is 0 Å². The van der Waals surface area contributed by atoms with Gasteiger partial charge in [-0.3, -0.25) is 0 Å². The van der Waals surface area contributed by atoms with Crippen LogP contribution in [0.1, 0.15) is 24.2 Å². The lowest BCUT2D eigenvalue weighted by atomic mass is 10.1. The number of rotatable bonds is 2. The van der Waals surface area contributed by atoms with Crippen LogP contribution in [0.5, 0.6) is 5.75 Å². The van der Waals surface area contributed by atoms with Gasteiger partial charge in [-0.15, -0.1) is 0 Å². The van der Waals surface area contributed by atoms with Crippen molar-refractivity contribution < 1.29 is 23.0 Å². The van der Waals surface area contributed by atoms with E-state index in [1.54, 1.807) is 0 Å². The van der Waals surface area contributed by atoms with E-state index >= 15 is 0 Å². The summed E-state index contributed by atoms with van der Waals surface area (Å²) in [6, 6.07) is 3.01. The van der Waals surface area contributed by atoms with Gasteiger partial charge in [0.1, 0.15) is 5.75 Å². The molecule has 84 valence electrons. The summed E-state index contributed by atoms with van der Waals surface area (Å²) in [4.78, 5) is 0. The van der Waals surface area contributed by atoms with Crippen molar-refractivity contribution in [2.24, 2.45) is 0 Å². The van der Waals surface area contributed by atoms with Crippen LogP contribution in [-0.2, 0) is 6.18 Å². The van der Waals surface area contributed by atoms with Gasteiger partial charge < -0.3 is 9.84 Å². The molecule has 0 saturated carbocycles. The van der Waals surface area contributed by atoms with Gasteiger partial charge in [0.25, 0.3) is 0 Å². The lowest BCUT2D eigenvalue weighted by molar-refractivity contribution is -0.137. The standard InChI is InChI=1S/C10H11F3O2/c1-6(14)8-4-3-7(10(11,12)13)5-9(8)15-2/h3-6,14H,1-2H3. The second-order valence-electron chi connectivity index (χ2n) is 3.13. The third-order valence-corrected chi connectivity index (χ3v) is 2.01. The molecule has 1 aromatic rings. The Morgan fingerprint density at radius 1 is 1.33 bits per heavy atom. The van der Waals surface area contributed by atoms with E-state index in [2.05, 4.69) is 0 Å². The van der Waals surface area contributed by atoms with Gasteiger partial charge in [0.2, 0.25) is 0 Å². The average molecular weight is 220 g/mol. The highest BCUT2D eigenvalue weighted by molar-refractivity contribution is 5.39. The fourth-order valence-electron chi connectivity index (χ4n) is 1.23. The first-order valence-electron chi connectivity index (χ1n) is 4.29. The van der Waals surface area contributed by atoms with Crippen LogP contribution in [-0.4, -0.2) is 12.2 Å². The molecule has 0 heterocycles. The minimum atomic E-state index is -4.40. The van der Waals surface area contributed by atoms with E-state index < -0.39 is 17.8 Å². The maximum absolute atomic E-state index is 12.3. The molecule has 2 nitrogen and oxygen atoms in total. The van der Waals surface area contributed by atoms with Crippen LogP contribution in [0.3, 0.4) is 0 Å². The molecule has 15 heavy (non-hydrogen) atoms. The highest BCUT2D eigenvalue weighted by Crippen LogP contribution is 2.34. The predicted octanol–water partition coefficient (Wildman–Crippen LogP) is 2.77. The minimum absolute atomic E-state index is 0.0415. The number of aliphatic hydroxyl groups is 1. The molecule has 0 aliphatic heterocycles. The van der Waals surface area contributed by atoms with Crippen LogP contribution in [0, 0.1) is 0 Å². The number of ether oxygens (including phenoxy) is 1. The maximum atomic E-state index is 12.3. The van der Waals surface area contributed by atoms with Gasteiger partial charge in [0, 0.05) is 5.56 Å². The van der Waals surface area contributed by atoms with Gasteiger partial charge in [-0.05, 0) is 19.1 Å². The molecule has 0 saturated heterocycles. The van der Waals surface area contributed by atoms with Crippen LogP contribution in [0.15, 0.2) is 18.2 Å². The molecular weight excluding hydrogens is 209 g/mol. The lowest BCUT2D eigenvalue weighted by Crippen LogP contribution is -2.06. The summed E-state index contributed by atoms with van der Waals surface area (Å²) in [6.07, 6.45) is -5.26. The van der Waals surface area contributed by atoms with E-state index in [1.165, 1.54) is 20.1 Å². The topological polar surface area (TPSA) is 29.5 Å². The number of hydrogen-bond donors (Lipinski definition) is 1. The molecule has 0 radical (unpaired) electrons. The molecule has 0 fully saturated rings. The molecule has 0 amide bonds. The Morgan fingerprint density at radius 2 is 1.93 bits per heavy atom. The summed E-state index contributed by atoms with van der Waals surface area (Å²) in [5.74, 6) is 0.0415. The molecule has 0 aliphatic carbocycles. The largest absolute Gasteiger partial charge is 0.496 e. The number of methoxy groups -OCH3 is 1. The maximum Gasteiger partial charge on any atom is 0.416 e. The Labute approximate surface area is 85.3 Å². The van der Waals surface area contributed by atoms with Crippen LogP contribution in [0.25, 0.3) is 0 Å². The van der Waals surface area contributed by atoms with Crippen molar-refractivity contribution in [3.05, 3.63) is 29.3 Å². The summed E-state index contributed by atoms with van der Waals surface area (Å²) >= 11 is 0. The van der Waals surface area contributed by atoms with Crippen LogP contribution < -0.4 is 4.74 Å². The second kappa shape index (κ2) is 4.10. The average Bonchev–Trinajstić information content (AvgIpc) is 2.15.